The van der Waals surface area contributed by atoms with Gasteiger partial charge in [0.1, 0.15) is 18.3 Å². The zero-order valence-electron chi connectivity index (χ0n) is 18.1. The lowest BCUT2D eigenvalue weighted by Crippen LogP contribution is -2.35. The molecule has 4 rings (SSSR count). The number of aromatic nitrogens is 2. The summed E-state index contributed by atoms with van der Waals surface area (Å²) in [5.74, 6) is -1.10. The molecule has 0 bridgehead atoms. The third kappa shape index (κ3) is 6.21. The van der Waals surface area contributed by atoms with Crippen LogP contribution in [0.15, 0.2) is 48.9 Å². The van der Waals surface area contributed by atoms with Gasteiger partial charge in [-0.1, -0.05) is 41.9 Å². The first-order chi connectivity index (χ1) is 16.6. The molecule has 4 atom stereocenters. The first-order valence-corrected chi connectivity index (χ1v) is 13.2. The van der Waals surface area contributed by atoms with E-state index in [9.17, 15) is 22.7 Å². The number of nitrogens with one attached hydrogen (secondary N) is 2. The van der Waals surface area contributed by atoms with Crippen LogP contribution in [0, 0.1) is 5.92 Å². The predicted octanol–water partition coefficient (Wildman–Crippen LogP) is 2.91. The quantitative estimate of drug-likeness (QED) is 0.240. The lowest BCUT2D eigenvalue weighted by atomic mass is 10.1. The molecule has 1 fully saturated rings. The number of ketones is 1. The molecule has 0 aliphatic heterocycles. The van der Waals surface area contributed by atoms with Crippen molar-refractivity contribution in [2.24, 2.45) is 5.92 Å². The minimum absolute atomic E-state index is 0.0363. The number of aliphatic hydroxyl groups is 1. The summed E-state index contributed by atoms with van der Waals surface area (Å²) in [5.41, 5.74) is 1.95. The Labute approximate surface area is 210 Å². The Morgan fingerprint density at radius 1 is 1.29 bits per heavy atom. The van der Waals surface area contributed by atoms with E-state index in [4.69, 9.17) is 16.2 Å². The van der Waals surface area contributed by atoms with Crippen molar-refractivity contribution in [3.63, 3.8) is 0 Å². The molecule has 3 aromatic rings. The maximum Gasteiger partial charge on any atom is 0.333 e. The van der Waals surface area contributed by atoms with Gasteiger partial charge in [-0.3, -0.25) is 9.35 Å². The number of carbonyl (C=O) groups excluding carboxylic acids is 1. The third-order valence-corrected chi connectivity index (χ3v) is 7.75. The van der Waals surface area contributed by atoms with Gasteiger partial charge in [0.05, 0.1) is 26.9 Å². The zero-order chi connectivity index (χ0) is 25.2. The number of aliphatic hydroxyl groups excluding tert-OH is 1. The van der Waals surface area contributed by atoms with Gasteiger partial charge in [0.15, 0.2) is 0 Å². The Morgan fingerprint density at radius 3 is 2.74 bits per heavy atom. The summed E-state index contributed by atoms with van der Waals surface area (Å²) in [6.07, 6.45) is -0.110. The molecule has 35 heavy (non-hydrogen) atoms. The fraction of sp³-hybridized carbons (Fsp3) is 0.318. The molecule has 0 spiro atoms. The van der Waals surface area contributed by atoms with Gasteiger partial charge in [-0.2, -0.15) is 13.1 Å². The van der Waals surface area contributed by atoms with Crippen LogP contribution < -0.4 is 10.0 Å². The van der Waals surface area contributed by atoms with Crippen LogP contribution in [0.3, 0.4) is 0 Å². The average Bonchev–Trinajstić information content (AvgIpc) is 3.32. The van der Waals surface area contributed by atoms with E-state index in [0.717, 1.165) is 22.5 Å². The van der Waals surface area contributed by atoms with Gasteiger partial charge in [0.25, 0.3) is 0 Å². The summed E-state index contributed by atoms with van der Waals surface area (Å²) in [7, 11) is -4.48. The molecule has 2 aromatic heterocycles. The maximum absolute atomic E-state index is 14.8. The van der Waals surface area contributed by atoms with Crippen molar-refractivity contribution in [3.8, 4) is 0 Å². The molecule has 13 heteroatoms. The summed E-state index contributed by atoms with van der Waals surface area (Å²) >= 11 is 7.52. The number of anilines is 1. The fourth-order valence-electron chi connectivity index (χ4n) is 4.02. The van der Waals surface area contributed by atoms with Crippen molar-refractivity contribution in [1.82, 2.24) is 14.7 Å². The van der Waals surface area contributed by atoms with Crippen molar-refractivity contribution in [3.05, 3.63) is 74.8 Å². The number of alkyl halides is 1. The molecule has 1 aromatic carbocycles. The molecule has 0 radical (unpaired) electrons. The van der Waals surface area contributed by atoms with Gasteiger partial charge in [-0.25, -0.2) is 14.4 Å². The lowest BCUT2D eigenvalue weighted by Gasteiger charge is -2.18. The van der Waals surface area contributed by atoms with Crippen LogP contribution in [0.25, 0.3) is 0 Å². The Kier molecular flexibility index (Phi) is 7.79. The predicted molar refractivity (Wildman–Crippen MR) is 130 cm³/mol. The summed E-state index contributed by atoms with van der Waals surface area (Å²) in [6, 6.07) is 10.4. The van der Waals surface area contributed by atoms with Crippen molar-refractivity contribution in [2.75, 3.05) is 11.9 Å². The van der Waals surface area contributed by atoms with Crippen molar-refractivity contribution < 1.29 is 27.3 Å². The fourth-order valence-corrected chi connectivity index (χ4v) is 5.68. The van der Waals surface area contributed by atoms with Crippen LogP contribution in [-0.4, -0.2) is 58.7 Å². The molecular formula is C22H22ClFN4O5S2. The molecule has 9 nitrogen and oxygen atoms in total. The number of benzene rings is 1. The molecule has 0 amide bonds. The van der Waals surface area contributed by atoms with Gasteiger partial charge in [-0.05, 0) is 30.0 Å². The van der Waals surface area contributed by atoms with Gasteiger partial charge in [-0.15, -0.1) is 11.3 Å². The molecular weight excluding hydrogens is 519 g/mol. The normalized spacial score (nSPS) is 22.3. The zero-order valence-corrected chi connectivity index (χ0v) is 20.5. The number of thiophene rings is 1. The average molecular weight is 541 g/mol. The SMILES string of the molecule is O=C(c1cc(Cc2ccccc2)c(Cl)s1)c1cncnc1N[C@@H]1C[C@H](CNS(=O)(=O)O)[C@@H](O)[C@@H]1F. The Bertz CT molecular complexity index is 1310. The smallest absolute Gasteiger partial charge is 0.333 e. The molecule has 1 aliphatic rings. The standard InChI is InChI=1S/C22H22ClFN4O5S2/c23-21-13(6-12-4-2-1-3-5-12)8-17(34-21)20(30)15-10-25-11-26-22(15)28-16-7-14(19(29)18(16)24)9-27-35(31,32)33/h1-5,8,10-11,14,16,18-19,27,29H,6-7,9H2,(H,25,26,28)(H,31,32,33)/t14-,16-,18-,19-/m1/s1. The van der Waals surface area contributed by atoms with Crippen molar-refractivity contribution >= 4 is 44.8 Å². The van der Waals surface area contributed by atoms with E-state index in [2.05, 4.69) is 15.3 Å². The van der Waals surface area contributed by atoms with Gasteiger partial charge >= 0.3 is 10.3 Å². The minimum atomic E-state index is -4.48. The maximum atomic E-state index is 14.8. The highest BCUT2D eigenvalue weighted by Crippen LogP contribution is 2.34. The second kappa shape index (κ2) is 10.6. The number of halogens is 2. The van der Waals surface area contributed by atoms with E-state index in [1.165, 1.54) is 12.5 Å². The van der Waals surface area contributed by atoms with E-state index >= 15 is 0 Å². The Hall–Kier alpha value is -2.48. The highest BCUT2D eigenvalue weighted by Gasteiger charge is 2.43. The summed E-state index contributed by atoms with van der Waals surface area (Å²) in [6.45, 7) is -0.341. The molecule has 2 heterocycles. The van der Waals surface area contributed by atoms with E-state index in [1.807, 2.05) is 35.1 Å². The highest BCUT2D eigenvalue weighted by molar-refractivity contribution is 7.83. The van der Waals surface area contributed by atoms with Crippen LogP contribution in [0.1, 0.15) is 32.8 Å². The number of nitrogens with zero attached hydrogens (tertiary/aromatic N) is 2. The minimum Gasteiger partial charge on any atom is -0.390 e. The van der Waals surface area contributed by atoms with Crippen LogP contribution >= 0.6 is 22.9 Å². The van der Waals surface area contributed by atoms with E-state index in [1.54, 1.807) is 6.07 Å². The van der Waals surface area contributed by atoms with Crippen LogP contribution in [0.5, 0.6) is 0 Å². The second-order valence-electron chi connectivity index (χ2n) is 8.19. The molecule has 1 aliphatic carbocycles. The van der Waals surface area contributed by atoms with Crippen LogP contribution in [0.4, 0.5) is 10.2 Å². The highest BCUT2D eigenvalue weighted by atomic mass is 35.5. The molecule has 0 unspecified atom stereocenters. The Balaban J connectivity index is 1.51. The first kappa shape index (κ1) is 25.6. The van der Waals surface area contributed by atoms with Crippen LogP contribution in [0.2, 0.25) is 4.34 Å². The Morgan fingerprint density at radius 2 is 2.03 bits per heavy atom. The lowest BCUT2D eigenvalue weighted by molar-refractivity contribution is 0.0683. The molecule has 1 saturated carbocycles. The molecule has 0 saturated heterocycles. The summed E-state index contributed by atoms with van der Waals surface area (Å²) in [5, 5.41) is 13.0. The number of hydrogen-bond acceptors (Lipinski definition) is 8. The van der Waals surface area contributed by atoms with Gasteiger partial charge < -0.3 is 10.4 Å². The topological polar surface area (TPSA) is 142 Å². The van der Waals surface area contributed by atoms with E-state index in [-0.39, 0.29) is 24.3 Å². The van der Waals surface area contributed by atoms with Gasteiger partial charge in [0, 0.05) is 18.7 Å². The van der Waals surface area contributed by atoms with Gasteiger partial charge in [0.2, 0.25) is 5.78 Å². The van der Waals surface area contributed by atoms with Crippen molar-refractivity contribution in [2.45, 2.75) is 31.2 Å². The van der Waals surface area contributed by atoms with Crippen LogP contribution in [-0.2, 0) is 16.7 Å². The monoisotopic (exact) mass is 540 g/mol. The number of carbonyl (C=O) groups is 1. The number of hydrogen-bond donors (Lipinski definition) is 4. The summed E-state index contributed by atoms with van der Waals surface area (Å²) in [4.78, 5) is 21.6. The molecule has 186 valence electrons. The molecule has 4 N–H and O–H groups in total. The van der Waals surface area contributed by atoms with E-state index in [0.29, 0.717) is 15.6 Å². The first-order valence-electron chi connectivity index (χ1n) is 10.6. The largest absolute Gasteiger partial charge is 0.390 e. The third-order valence-electron chi connectivity index (χ3n) is 5.78. The second-order valence-corrected chi connectivity index (χ2v) is 11.1. The summed E-state index contributed by atoms with van der Waals surface area (Å²) < 4.78 is 47.8. The van der Waals surface area contributed by atoms with E-state index < -0.39 is 40.3 Å². The number of rotatable bonds is 9. The van der Waals surface area contributed by atoms with Crippen molar-refractivity contribution in [1.29, 1.82) is 0 Å².